The average Bonchev–Trinajstić information content (AvgIpc) is 2.05. The molecule has 0 aromatic heterocycles. The quantitative estimate of drug-likeness (QED) is 0.557. The van der Waals surface area contributed by atoms with Crippen LogP contribution in [-0.2, 0) is 4.79 Å². The lowest BCUT2D eigenvalue weighted by atomic mass is 10.2. The van der Waals surface area contributed by atoms with Gasteiger partial charge in [0.25, 0.3) is 0 Å². The Morgan fingerprint density at radius 3 is 2.69 bits per heavy atom. The van der Waals surface area contributed by atoms with Crippen molar-refractivity contribution in [3.05, 3.63) is 29.8 Å². The number of isocyanates is 1. The van der Waals surface area contributed by atoms with Crippen molar-refractivity contribution in [1.82, 2.24) is 0 Å². The molecule has 0 saturated carbocycles. The second-order valence-electron chi connectivity index (χ2n) is 2.06. The first-order valence-electron chi connectivity index (χ1n) is 3.15. The summed E-state index contributed by atoms with van der Waals surface area (Å²) in [6.07, 6.45) is 1.33. The van der Waals surface area contributed by atoms with Crippen LogP contribution in [0.2, 0.25) is 0 Å². The maximum Gasteiger partial charge on any atom is 0.335 e. The second-order valence-corrected chi connectivity index (χ2v) is 2.06. The number of hydrogen-bond acceptors (Lipinski definition) is 3. The van der Waals surface area contributed by atoms with Crippen LogP contribution in [0, 0.1) is 0 Å². The molecule has 0 aliphatic rings. The molecule has 1 N–H and O–H groups in total. The van der Waals surface area contributed by atoms with Crippen molar-refractivity contribution in [2.75, 3.05) is 0 Å². The first-order valence-corrected chi connectivity index (χ1v) is 3.15. The predicted octanol–water partition coefficient (Wildman–Crippen LogP) is 1.99. The Morgan fingerprint density at radius 2 is 2.15 bits per heavy atom. The summed E-state index contributed by atoms with van der Waals surface area (Å²) in [6.45, 7) is 0. The normalized spacial score (nSPS) is 8.00. The Bertz CT molecular complexity index is 336. The van der Waals surface area contributed by atoms with Crippen molar-refractivity contribution >= 4 is 17.7 Å². The molecule has 0 heterocycles. The number of aromatic carboxylic acids is 1. The van der Waals surface area contributed by atoms with Crippen LogP contribution in [0.15, 0.2) is 29.3 Å². The van der Waals surface area contributed by atoms with E-state index in [4.69, 9.17) is 5.11 Å². The van der Waals surface area contributed by atoms with E-state index in [-0.39, 0.29) is 13.0 Å². The summed E-state index contributed by atoms with van der Waals surface area (Å²) in [5, 5.41) is 8.54. The Labute approximate surface area is 75.5 Å². The Morgan fingerprint density at radius 1 is 1.46 bits per heavy atom. The van der Waals surface area contributed by atoms with Gasteiger partial charge >= 0.3 is 5.97 Å². The minimum absolute atomic E-state index is 0. The minimum Gasteiger partial charge on any atom is -0.478 e. The molecule has 0 aliphatic heterocycles. The topological polar surface area (TPSA) is 66.7 Å². The SMILES string of the molecule is C.O=C=Nc1cccc(C(=O)O)c1. The summed E-state index contributed by atoms with van der Waals surface area (Å²) in [6, 6.07) is 5.76. The van der Waals surface area contributed by atoms with Gasteiger partial charge in [-0.15, -0.1) is 0 Å². The molecule has 0 aliphatic carbocycles. The predicted molar refractivity (Wildman–Crippen MR) is 47.9 cm³/mol. The number of nitrogens with zero attached hydrogens (tertiary/aromatic N) is 1. The number of carbonyl (C=O) groups excluding carboxylic acids is 1. The molecule has 1 aromatic rings. The van der Waals surface area contributed by atoms with Gasteiger partial charge < -0.3 is 5.11 Å². The van der Waals surface area contributed by atoms with E-state index in [1.54, 1.807) is 0 Å². The summed E-state index contributed by atoms with van der Waals surface area (Å²) in [5.41, 5.74) is 0.399. The van der Waals surface area contributed by atoms with Gasteiger partial charge in [-0.2, -0.15) is 4.99 Å². The van der Waals surface area contributed by atoms with E-state index in [1.165, 1.54) is 30.3 Å². The molecule has 4 nitrogen and oxygen atoms in total. The zero-order valence-electron chi connectivity index (χ0n) is 6.02. The number of benzene rings is 1. The Hall–Kier alpha value is -1.93. The Kier molecular flexibility index (Phi) is 4.13. The second kappa shape index (κ2) is 4.85. The first kappa shape index (κ1) is 11.1. The molecule has 0 unspecified atom stereocenters. The zero-order valence-corrected chi connectivity index (χ0v) is 6.02. The summed E-state index contributed by atoms with van der Waals surface area (Å²) in [5.74, 6) is -1.04. The first-order chi connectivity index (χ1) is 5.74. The van der Waals surface area contributed by atoms with Crippen LogP contribution in [0.3, 0.4) is 0 Å². The third kappa shape index (κ3) is 2.89. The average molecular weight is 179 g/mol. The van der Waals surface area contributed by atoms with E-state index < -0.39 is 5.97 Å². The standard InChI is InChI=1S/C8H5NO3.CH4/c10-5-9-7-3-1-2-6(4-7)8(11)12;/h1-4H,(H,11,12);1H4. The highest BCUT2D eigenvalue weighted by molar-refractivity contribution is 5.88. The lowest BCUT2D eigenvalue weighted by Crippen LogP contribution is -1.94. The molecule has 0 spiro atoms. The molecular weight excluding hydrogens is 170 g/mol. The molecule has 0 fully saturated rings. The fraction of sp³-hybridized carbons (Fsp3) is 0.111. The maximum atomic E-state index is 10.4. The third-order valence-electron chi connectivity index (χ3n) is 1.27. The van der Waals surface area contributed by atoms with E-state index in [9.17, 15) is 9.59 Å². The molecule has 68 valence electrons. The van der Waals surface area contributed by atoms with E-state index in [0.717, 1.165) is 0 Å². The monoisotopic (exact) mass is 179 g/mol. The largest absolute Gasteiger partial charge is 0.478 e. The maximum absolute atomic E-state index is 10.4. The lowest BCUT2D eigenvalue weighted by Gasteiger charge is -1.93. The lowest BCUT2D eigenvalue weighted by molar-refractivity contribution is 0.0697. The van der Waals surface area contributed by atoms with Gasteiger partial charge in [-0.3, -0.25) is 0 Å². The van der Waals surface area contributed by atoms with Gasteiger partial charge in [0.2, 0.25) is 6.08 Å². The van der Waals surface area contributed by atoms with E-state index in [2.05, 4.69) is 4.99 Å². The van der Waals surface area contributed by atoms with E-state index >= 15 is 0 Å². The van der Waals surface area contributed by atoms with Crippen molar-refractivity contribution < 1.29 is 14.7 Å². The molecule has 0 bridgehead atoms. The highest BCUT2D eigenvalue weighted by Gasteiger charge is 2.01. The van der Waals surface area contributed by atoms with Crippen molar-refractivity contribution in [2.45, 2.75) is 7.43 Å². The van der Waals surface area contributed by atoms with Gasteiger partial charge in [0.1, 0.15) is 0 Å². The third-order valence-corrected chi connectivity index (χ3v) is 1.27. The van der Waals surface area contributed by atoms with Crippen LogP contribution in [-0.4, -0.2) is 17.2 Å². The van der Waals surface area contributed by atoms with Crippen molar-refractivity contribution in [3.63, 3.8) is 0 Å². The van der Waals surface area contributed by atoms with Gasteiger partial charge in [-0.1, -0.05) is 13.5 Å². The number of aliphatic imine (C=N–C) groups is 1. The van der Waals surface area contributed by atoms with Gasteiger partial charge in [0.05, 0.1) is 11.3 Å². The number of carboxylic acids is 1. The smallest absolute Gasteiger partial charge is 0.335 e. The van der Waals surface area contributed by atoms with E-state index in [1.807, 2.05) is 0 Å². The summed E-state index contributed by atoms with van der Waals surface area (Å²) >= 11 is 0. The van der Waals surface area contributed by atoms with E-state index in [0.29, 0.717) is 5.69 Å². The Balaban J connectivity index is 0.00000144. The molecular formula is C9H9NO3. The summed E-state index contributed by atoms with van der Waals surface area (Å²) < 4.78 is 0. The molecule has 0 radical (unpaired) electrons. The highest BCUT2D eigenvalue weighted by atomic mass is 16.4. The molecule has 1 rings (SSSR count). The molecule has 0 atom stereocenters. The summed E-state index contributed by atoms with van der Waals surface area (Å²) in [7, 11) is 0. The van der Waals surface area contributed by atoms with Crippen LogP contribution >= 0.6 is 0 Å². The van der Waals surface area contributed by atoms with Crippen molar-refractivity contribution in [1.29, 1.82) is 0 Å². The zero-order chi connectivity index (χ0) is 8.97. The van der Waals surface area contributed by atoms with Crippen LogP contribution in [0.1, 0.15) is 17.8 Å². The fourth-order valence-corrected chi connectivity index (χ4v) is 0.761. The van der Waals surface area contributed by atoms with Crippen LogP contribution in [0.25, 0.3) is 0 Å². The van der Waals surface area contributed by atoms with Crippen LogP contribution < -0.4 is 0 Å². The highest BCUT2D eigenvalue weighted by Crippen LogP contribution is 2.12. The number of rotatable bonds is 2. The van der Waals surface area contributed by atoms with Gasteiger partial charge in [0, 0.05) is 0 Å². The molecule has 0 saturated heterocycles. The number of hydrogen-bond donors (Lipinski definition) is 1. The fourth-order valence-electron chi connectivity index (χ4n) is 0.761. The summed E-state index contributed by atoms with van der Waals surface area (Å²) in [4.78, 5) is 23.5. The minimum atomic E-state index is -1.04. The van der Waals surface area contributed by atoms with Crippen LogP contribution in [0.4, 0.5) is 5.69 Å². The van der Waals surface area contributed by atoms with Gasteiger partial charge in [-0.25, -0.2) is 9.59 Å². The van der Waals surface area contributed by atoms with Crippen molar-refractivity contribution in [3.8, 4) is 0 Å². The molecule has 13 heavy (non-hydrogen) atoms. The van der Waals surface area contributed by atoms with Crippen LogP contribution in [0.5, 0.6) is 0 Å². The molecule has 4 heteroatoms. The van der Waals surface area contributed by atoms with Gasteiger partial charge in [-0.05, 0) is 18.2 Å². The molecule has 0 amide bonds. The van der Waals surface area contributed by atoms with Crippen molar-refractivity contribution in [2.24, 2.45) is 4.99 Å². The number of carboxylic acid groups (broad SMARTS) is 1. The van der Waals surface area contributed by atoms with Gasteiger partial charge in [0.15, 0.2) is 0 Å². The number of carbonyl (C=O) groups is 1. The molecule has 1 aromatic carbocycles.